The van der Waals surface area contributed by atoms with Crippen molar-refractivity contribution in [1.29, 1.82) is 0 Å². The van der Waals surface area contributed by atoms with Crippen LogP contribution in [0.25, 0.3) is 0 Å². The lowest BCUT2D eigenvalue weighted by Gasteiger charge is -2.38. The Morgan fingerprint density at radius 3 is 0.750 bits per heavy atom. The molecule has 0 unspecified atom stereocenters. The Bertz CT molecular complexity index is 562. The highest BCUT2D eigenvalue weighted by atomic mass is 16.8. The third kappa shape index (κ3) is 6.31. The van der Waals surface area contributed by atoms with Crippen molar-refractivity contribution in [1.82, 2.24) is 0 Å². The van der Waals surface area contributed by atoms with Crippen molar-refractivity contribution >= 4 is 0 Å². The Balaban J connectivity index is 1.26. The Labute approximate surface area is 218 Å². The van der Waals surface area contributed by atoms with E-state index in [1.807, 2.05) is 0 Å². The summed E-state index contributed by atoms with van der Waals surface area (Å²) >= 11 is 0. The van der Waals surface area contributed by atoms with Crippen molar-refractivity contribution in [2.75, 3.05) is 0 Å². The molecule has 6 atom stereocenters. The van der Waals surface area contributed by atoms with Gasteiger partial charge < -0.3 is 29.2 Å². The van der Waals surface area contributed by atoms with E-state index in [1.54, 1.807) is 0 Å². The number of ether oxygens (including phenoxy) is 4. The Kier molecular flexibility index (Phi) is 9.67. The maximum Gasteiger partial charge on any atom is 0.169 e. The molecule has 2 spiro atoms. The van der Waals surface area contributed by atoms with Crippen LogP contribution in [0.4, 0.5) is 0 Å². The molecule has 2 saturated heterocycles. The van der Waals surface area contributed by atoms with E-state index in [0.29, 0.717) is 0 Å². The zero-order valence-corrected chi connectivity index (χ0v) is 22.5. The summed E-state index contributed by atoms with van der Waals surface area (Å²) in [4.78, 5) is 0. The molecule has 2 aliphatic heterocycles. The highest BCUT2D eigenvalue weighted by Crippen LogP contribution is 2.49. The zero-order chi connectivity index (χ0) is 24.8. The van der Waals surface area contributed by atoms with Crippen LogP contribution in [-0.2, 0) is 18.9 Å². The van der Waals surface area contributed by atoms with E-state index in [4.69, 9.17) is 18.9 Å². The summed E-state index contributed by atoms with van der Waals surface area (Å²) in [6, 6.07) is 0. The number of rotatable bonds is 0. The summed E-state index contributed by atoms with van der Waals surface area (Å²) in [5.74, 6) is -1.39. The fraction of sp³-hybridized carbons (Fsp3) is 1.00. The van der Waals surface area contributed by atoms with Crippen molar-refractivity contribution < 1.29 is 29.2 Å². The molecular formula is C30H52O6. The molecule has 3 saturated carbocycles. The SMILES string of the molecule is O[C@@H]1[C@H]2OC3(CCCCCCCCCCC3)O[C@H]2[C@@H](O)[C@@H]2OC3(CCCCCCCCCCC3)O[C@@H]12. The minimum Gasteiger partial charge on any atom is -0.387 e. The van der Waals surface area contributed by atoms with E-state index in [2.05, 4.69) is 0 Å². The van der Waals surface area contributed by atoms with E-state index in [-0.39, 0.29) is 0 Å². The number of aliphatic hydroxyl groups is 2. The van der Waals surface area contributed by atoms with Gasteiger partial charge in [-0.15, -0.1) is 0 Å². The van der Waals surface area contributed by atoms with Crippen LogP contribution in [0.5, 0.6) is 0 Å². The number of fused-ring (bicyclic) bond motifs is 2. The standard InChI is InChI=1S/C30H52O6/c31-23-25-26(34-29(33-25)19-15-11-7-3-1-4-8-12-16-20-29)24(32)28-27(23)35-30(36-28)21-17-13-9-5-2-6-10-14-18-22-30/h23-28,31-32H,1-22H2/t23-,24-,25-,26-,27-,28+/m0/s1. The first kappa shape index (κ1) is 27.3. The molecule has 5 rings (SSSR count). The average molecular weight is 509 g/mol. The number of hydrogen-bond acceptors (Lipinski definition) is 6. The summed E-state index contributed by atoms with van der Waals surface area (Å²) in [7, 11) is 0. The van der Waals surface area contributed by atoms with E-state index in [9.17, 15) is 10.2 Å². The normalized spacial score (nSPS) is 40.8. The molecule has 0 aromatic heterocycles. The zero-order valence-electron chi connectivity index (χ0n) is 22.5. The molecule has 208 valence electrons. The topological polar surface area (TPSA) is 77.4 Å². The van der Waals surface area contributed by atoms with Crippen LogP contribution in [0.3, 0.4) is 0 Å². The van der Waals surface area contributed by atoms with E-state index in [1.165, 1.54) is 89.9 Å². The van der Waals surface area contributed by atoms with Crippen LogP contribution in [0, 0.1) is 0 Å². The van der Waals surface area contributed by atoms with Gasteiger partial charge in [-0.2, -0.15) is 0 Å². The van der Waals surface area contributed by atoms with Crippen molar-refractivity contribution in [2.45, 2.75) is 189 Å². The van der Waals surface area contributed by atoms with Crippen LogP contribution in [0.1, 0.15) is 141 Å². The highest BCUT2D eigenvalue weighted by Gasteiger charge is 2.65. The fourth-order valence-electron chi connectivity index (χ4n) is 7.52. The molecule has 5 fully saturated rings. The van der Waals surface area contributed by atoms with Gasteiger partial charge in [0.2, 0.25) is 0 Å². The second-order valence-corrected chi connectivity index (χ2v) is 12.5. The van der Waals surface area contributed by atoms with E-state index >= 15 is 0 Å². The minimum atomic E-state index is -0.843. The first-order valence-electron chi connectivity index (χ1n) is 15.7. The molecule has 6 nitrogen and oxygen atoms in total. The molecular weight excluding hydrogens is 456 g/mol. The third-order valence-electron chi connectivity index (χ3n) is 9.63. The quantitative estimate of drug-likeness (QED) is 0.400. The Morgan fingerprint density at radius 1 is 0.333 bits per heavy atom. The van der Waals surface area contributed by atoms with Crippen LogP contribution in [-0.4, -0.2) is 58.4 Å². The summed E-state index contributed by atoms with van der Waals surface area (Å²) in [5, 5.41) is 23.0. The lowest BCUT2D eigenvalue weighted by atomic mass is 9.85. The molecule has 0 radical (unpaired) electrons. The first-order chi connectivity index (χ1) is 17.6. The van der Waals surface area contributed by atoms with Crippen molar-refractivity contribution in [3.05, 3.63) is 0 Å². The molecule has 3 aliphatic carbocycles. The highest BCUT2D eigenvalue weighted by molar-refractivity contribution is 5.09. The molecule has 5 aliphatic rings. The van der Waals surface area contributed by atoms with Gasteiger partial charge in [-0.25, -0.2) is 0 Å². The molecule has 0 aromatic carbocycles. The molecule has 2 N–H and O–H groups in total. The second kappa shape index (κ2) is 12.7. The summed E-state index contributed by atoms with van der Waals surface area (Å²) in [5.41, 5.74) is 0. The van der Waals surface area contributed by atoms with Crippen LogP contribution in [0.15, 0.2) is 0 Å². The predicted octanol–water partition coefficient (Wildman–Crippen LogP) is 6.29. The molecule has 0 amide bonds. The van der Waals surface area contributed by atoms with Crippen molar-refractivity contribution in [2.24, 2.45) is 0 Å². The molecule has 0 bridgehead atoms. The molecule has 36 heavy (non-hydrogen) atoms. The van der Waals surface area contributed by atoms with Gasteiger partial charge in [-0.1, -0.05) is 89.9 Å². The summed E-state index contributed by atoms with van der Waals surface area (Å²) in [6.07, 6.45) is 21.5. The van der Waals surface area contributed by atoms with E-state index < -0.39 is 48.2 Å². The van der Waals surface area contributed by atoms with Crippen LogP contribution >= 0.6 is 0 Å². The van der Waals surface area contributed by atoms with Crippen molar-refractivity contribution in [3.63, 3.8) is 0 Å². The lowest BCUT2D eigenvalue weighted by molar-refractivity contribution is -0.217. The summed E-state index contributed by atoms with van der Waals surface area (Å²) < 4.78 is 26.4. The Morgan fingerprint density at radius 2 is 0.528 bits per heavy atom. The smallest absolute Gasteiger partial charge is 0.169 e. The maximum absolute atomic E-state index is 11.5. The van der Waals surface area contributed by atoms with Gasteiger partial charge in [-0.05, 0) is 25.7 Å². The maximum atomic E-state index is 11.5. The predicted molar refractivity (Wildman–Crippen MR) is 139 cm³/mol. The summed E-state index contributed by atoms with van der Waals surface area (Å²) in [6.45, 7) is 0. The van der Waals surface area contributed by atoms with Gasteiger partial charge >= 0.3 is 0 Å². The van der Waals surface area contributed by atoms with Crippen LogP contribution in [0.2, 0.25) is 0 Å². The largest absolute Gasteiger partial charge is 0.387 e. The number of aliphatic hydroxyl groups excluding tert-OH is 2. The molecule has 2 heterocycles. The fourth-order valence-corrected chi connectivity index (χ4v) is 7.52. The molecule has 0 aromatic rings. The van der Waals surface area contributed by atoms with Gasteiger partial charge in [0.05, 0.1) is 0 Å². The van der Waals surface area contributed by atoms with Gasteiger partial charge in [0.15, 0.2) is 11.6 Å². The van der Waals surface area contributed by atoms with Gasteiger partial charge in [0.25, 0.3) is 0 Å². The number of hydrogen-bond donors (Lipinski definition) is 2. The second-order valence-electron chi connectivity index (χ2n) is 12.5. The molecule has 6 heteroatoms. The lowest BCUT2D eigenvalue weighted by Crippen LogP contribution is -2.61. The average Bonchev–Trinajstić information content (AvgIpc) is 3.43. The van der Waals surface area contributed by atoms with Gasteiger partial charge in [0, 0.05) is 25.7 Å². The van der Waals surface area contributed by atoms with Crippen molar-refractivity contribution in [3.8, 4) is 0 Å². The van der Waals surface area contributed by atoms with Crippen LogP contribution < -0.4 is 0 Å². The Hall–Kier alpha value is -0.240. The van der Waals surface area contributed by atoms with E-state index in [0.717, 1.165) is 51.4 Å². The minimum absolute atomic E-state index is 0.556. The monoisotopic (exact) mass is 508 g/mol. The third-order valence-corrected chi connectivity index (χ3v) is 9.63. The van der Waals surface area contributed by atoms with Gasteiger partial charge in [0.1, 0.15) is 36.6 Å². The van der Waals surface area contributed by atoms with Gasteiger partial charge in [-0.3, -0.25) is 0 Å². The first-order valence-corrected chi connectivity index (χ1v) is 15.7.